The number of thioether (sulfide) groups is 1. The molecule has 0 N–H and O–H groups in total. The SMILES string of the molecule is COc1ccccc1CN1C(=O)[C@@H](C)S[C@@H]1c1ccc(C)s1. The fourth-order valence-electron chi connectivity index (χ4n) is 2.66. The summed E-state index contributed by atoms with van der Waals surface area (Å²) in [4.78, 5) is 17.1. The van der Waals surface area contributed by atoms with Crippen LogP contribution >= 0.6 is 23.1 Å². The van der Waals surface area contributed by atoms with Gasteiger partial charge in [-0.05, 0) is 32.0 Å². The van der Waals surface area contributed by atoms with E-state index in [1.54, 1.807) is 30.2 Å². The average molecular weight is 333 g/mol. The number of amides is 1. The van der Waals surface area contributed by atoms with Gasteiger partial charge in [-0.1, -0.05) is 18.2 Å². The quantitative estimate of drug-likeness (QED) is 0.839. The van der Waals surface area contributed by atoms with E-state index in [1.165, 1.54) is 9.75 Å². The number of carbonyl (C=O) groups is 1. The van der Waals surface area contributed by atoms with Crippen LogP contribution in [0.3, 0.4) is 0 Å². The molecular weight excluding hydrogens is 314 g/mol. The van der Waals surface area contributed by atoms with Crippen molar-refractivity contribution in [1.29, 1.82) is 0 Å². The van der Waals surface area contributed by atoms with Gasteiger partial charge in [0.05, 0.1) is 18.9 Å². The first kappa shape index (κ1) is 15.4. The lowest BCUT2D eigenvalue weighted by atomic mass is 10.1. The van der Waals surface area contributed by atoms with Gasteiger partial charge in [0.25, 0.3) is 0 Å². The van der Waals surface area contributed by atoms with Crippen LogP contribution in [0.4, 0.5) is 0 Å². The molecule has 3 rings (SSSR count). The van der Waals surface area contributed by atoms with Crippen molar-refractivity contribution in [2.75, 3.05) is 7.11 Å². The molecule has 0 saturated carbocycles. The van der Waals surface area contributed by atoms with Gasteiger partial charge in [-0.2, -0.15) is 0 Å². The molecule has 1 fully saturated rings. The summed E-state index contributed by atoms with van der Waals surface area (Å²) in [5.41, 5.74) is 1.05. The number of thiophene rings is 1. The van der Waals surface area contributed by atoms with Crippen molar-refractivity contribution in [3.63, 3.8) is 0 Å². The van der Waals surface area contributed by atoms with Crippen molar-refractivity contribution < 1.29 is 9.53 Å². The Kier molecular flexibility index (Phi) is 4.45. The molecule has 1 aromatic carbocycles. The zero-order chi connectivity index (χ0) is 15.7. The lowest BCUT2D eigenvalue weighted by Crippen LogP contribution is -2.29. The summed E-state index contributed by atoms with van der Waals surface area (Å²) in [5, 5.41) is 0.105. The minimum absolute atomic E-state index is 0.00196. The van der Waals surface area contributed by atoms with Crippen LogP contribution in [0.1, 0.15) is 27.6 Å². The number of para-hydroxylation sites is 1. The van der Waals surface area contributed by atoms with E-state index in [-0.39, 0.29) is 16.5 Å². The van der Waals surface area contributed by atoms with Crippen LogP contribution in [0.15, 0.2) is 36.4 Å². The van der Waals surface area contributed by atoms with E-state index in [2.05, 4.69) is 19.1 Å². The number of hydrogen-bond donors (Lipinski definition) is 0. The van der Waals surface area contributed by atoms with E-state index in [9.17, 15) is 4.79 Å². The molecule has 0 spiro atoms. The van der Waals surface area contributed by atoms with Crippen LogP contribution in [0.25, 0.3) is 0 Å². The normalized spacial score (nSPS) is 21.4. The molecule has 0 bridgehead atoms. The maximum atomic E-state index is 12.6. The number of ether oxygens (including phenoxy) is 1. The Balaban J connectivity index is 1.90. The van der Waals surface area contributed by atoms with Crippen LogP contribution in [0.2, 0.25) is 0 Å². The van der Waals surface area contributed by atoms with Crippen molar-refractivity contribution >= 4 is 29.0 Å². The third-order valence-corrected chi connectivity index (χ3v) is 6.36. The van der Waals surface area contributed by atoms with Crippen molar-refractivity contribution in [2.45, 2.75) is 31.0 Å². The second kappa shape index (κ2) is 6.34. The zero-order valence-electron chi connectivity index (χ0n) is 12.9. The van der Waals surface area contributed by atoms with Gasteiger partial charge in [-0.25, -0.2) is 0 Å². The molecule has 2 heterocycles. The molecule has 116 valence electrons. The molecule has 1 aliphatic heterocycles. The Morgan fingerprint density at radius 3 is 2.68 bits per heavy atom. The Hall–Kier alpha value is -1.46. The van der Waals surface area contributed by atoms with E-state index in [1.807, 2.05) is 36.1 Å². The molecule has 3 nitrogen and oxygen atoms in total. The molecule has 0 unspecified atom stereocenters. The van der Waals surface area contributed by atoms with Gasteiger partial charge in [0.1, 0.15) is 11.1 Å². The molecule has 1 amide bonds. The summed E-state index contributed by atoms with van der Waals surface area (Å²) in [6, 6.07) is 12.2. The maximum absolute atomic E-state index is 12.6. The lowest BCUT2D eigenvalue weighted by Gasteiger charge is -2.24. The minimum atomic E-state index is 0.00196. The van der Waals surface area contributed by atoms with Gasteiger partial charge in [-0.3, -0.25) is 4.79 Å². The number of rotatable bonds is 4. The van der Waals surface area contributed by atoms with Crippen LogP contribution in [0, 0.1) is 6.92 Å². The largest absolute Gasteiger partial charge is 0.496 e. The first-order chi connectivity index (χ1) is 10.6. The van der Waals surface area contributed by atoms with Gasteiger partial charge in [-0.15, -0.1) is 23.1 Å². The Morgan fingerprint density at radius 1 is 1.23 bits per heavy atom. The van der Waals surface area contributed by atoms with E-state index in [0.717, 1.165) is 11.3 Å². The summed E-state index contributed by atoms with van der Waals surface area (Å²) in [7, 11) is 1.67. The topological polar surface area (TPSA) is 29.5 Å². The third-order valence-electron chi connectivity index (χ3n) is 3.78. The Bertz CT molecular complexity index is 683. The Morgan fingerprint density at radius 2 is 2.00 bits per heavy atom. The summed E-state index contributed by atoms with van der Waals surface area (Å²) < 4.78 is 5.42. The van der Waals surface area contributed by atoms with Gasteiger partial charge in [0.15, 0.2) is 0 Å². The van der Waals surface area contributed by atoms with E-state index in [0.29, 0.717) is 6.54 Å². The van der Waals surface area contributed by atoms with Crippen LogP contribution < -0.4 is 4.74 Å². The lowest BCUT2D eigenvalue weighted by molar-refractivity contribution is -0.130. The molecule has 1 aliphatic rings. The van der Waals surface area contributed by atoms with Gasteiger partial charge >= 0.3 is 0 Å². The Labute approximate surface area is 139 Å². The number of carbonyl (C=O) groups excluding carboxylic acids is 1. The first-order valence-electron chi connectivity index (χ1n) is 7.24. The highest BCUT2D eigenvalue weighted by Crippen LogP contribution is 2.46. The van der Waals surface area contributed by atoms with E-state index < -0.39 is 0 Å². The molecule has 22 heavy (non-hydrogen) atoms. The summed E-state index contributed by atoms with van der Waals surface area (Å²) in [6.45, 7) is 4.67. The highest BCUT2D eigenvalue weighted by Gasteiger charge is 2.39. The predicted octanol–water partition coefficient (Wildman–Crippen LogP) is 4.23. The standard InChI is InChI=1S/C17H19NO2S2/c1-11-8-9-15(21-11)17-18(16(19)12(2)22-17)10-13-6-4-5-7-14(13)20-3/h4-9,12,17H,10H2,1-3H3/t12-,17-/m1/s1. The van der Waals surface area contributed by atoms with Crippen LogP contribution in [0.5, 0.6) is 5.75 Å². The maximum Gasteiger partial charge on any atom is 0.236 e. The monoisotopic (exact) mass is 333 g/mol. The van der Waals surface area contributed by atoms with Gasteiger partial charge in [0, 0.05) is 15.3 Å². The fraction of sp³-hybridized carbons (Fsp3) is 0.353. The van der Waals surface area contributed by atoms with E-state index >= 15 is 0 Å². The van der Waals surface area contributed by atoms with Crippen molar-refractivity contribution in [3.8, 4) is 5.75 Å². The second-order valence-electron chi connectivity index (χ2n) is 5.36. The van der Waals surface area contributed by atoms with Crippen molar-refractivity contribution in [3.05, 3.63) is 51.7 Å². The number of hydrogen-bond acceptors (Lipinski definition) is 4. The van der Waals surface area contributed by atoms with Crippen LogP contribution in [-0.4, -0.2) is 23.2 Å². The fourth-order valence-corrected chi connectivity index (χ4v) is 5.02. The van der Waals surface area contributed by atoms with Gasteiger partial charge in [0.2, 0.25) is 5.91 Å². The van der Waals surface area contributed by atoms with Crippen molar-refractivity contribution in [1.82, 2.24) is 4.90 Å². The smallest absolute Gasteiger partial charge is 0.236 e. The highest BCUT2D eigenvalue weighted by molar-refractivity contribution is 8.01. The van der Waals surface area contributed by atoms with E-state index in [4.69, 9.17) is 4.74 Å². The number of methoxy groups -OCH3 is 1. The molecular formula is C17H19NO2S2. The molecule has 0 radical (unpaired) electrons. The average Bonchev–Trinajstić information content (AvgIpc) is 3.06. The summed E-state index contributed by atoms with van der Waals surface area (Å²) in [6.07, 6.45) is 0. The van der Waals surface area contributed by atoms with Crippen LogP contribution in [-0.2, 0) is 11.3 Å². The number of aryl methyl sites for hydroxylation is 1. The molecule has 1 aromatic heterocycles. The molecule has 2 aromatic rings. The summed E-state index contributed by atoms with van der Waals surface area (Å²) >= 11 is 3.49. The molecule has 0 aliphatic carbocycles. The number of benzene rings is 1. The second-order valence-corrected chi connectivity index (χ2v) is 8.10. The third kappa shape index (κ3) is 2.88. The molecule has 2 atom stereocenters. The molecule has 1 saturated heterocycles. The minimum Gasteiger partial charge on any atom is -0.496 e. The predicted molar refractivity (Wildman–Crippen MR) is 92.4 cm³/mol. The molecule has 5 heteroatoms. The number of nitrogens with zero attached hydrogens (tertiary/aromatic N) is 1. The van der Waals surface area contributed by atoms with Crippen molar-refractivity contribution in [2.24, 2.45) is 0 Å². The zero-order valence-corrected chi connectivity index (χ0v) is 14.5. The highest BCUT2D eigenvalue weighted by atomic mass is 32.2. The summed E-state index contributed by atoms with van der Waals surface area (Å²) in [5.74, 6) is 1.04. The first-order valence-corrected chi connectivity index (χ1v) is 9.00. The van der Waals surface area contributed by atoms with Gasteiger partial charge < -0.3 is 9.64 Å².